The number of hydrogen-bond donors (Lipinski definition) is 0. The summed E-state index contributed by atoms with van der Waals surface area (Å²) >= 11 is 0. The molecule has 3 unspecified atom stereocenters. The summed E-state index contributed by atoms with van der Waals surface area (Å²) in [6, 6.07) is 0. The second kappa shape index (κ2) is 5.15. The highest BCUT2D eigenvalue weighted by Gasteiger charge is 2.54. The minimum atomic E-state index is 0.670. The quantitative estimate of drug-likeness (QED) is 0.617. The third-order valence-electron chi connectivity index (χ3n) is 6.99. The van der Waals surface area contributed by atoms with Gasteiger partial charge in [-0.2, -0.15) is 0 Å². The van der Waals surface area contributed by atoms with Gasteiger partial charge in [-0.3, -0.25) is 0 Å². The SMILES string of the molecule is CC[N+](CC)(CC)CCC1CCC2CC1C2(C)C. The van der Waals surface area contributed by atoms with E-state index in [0.717, 1.165) is 17.8 Å². The Bertz CT molecular complexity index is 267. The fourth-order valence-electron chi connectivity index (χ4n) is 4.89. The van der Waals surface area contributed by atoms with Crippen LogP contribution < -0.4 is 0 Å². The highest BCUT2D eigenvalue weighted by molar-refractivity contribution is 5.03. The molecule has 0 aromatic carbocycles. The van der Waals surface area contributed by atoms with Crippen molar-refractivity contribution < 1.29 is 4.48 Å². The van der Waals surface area contributed by atoms with Crippen LogP contribution in [0.4, 0.5) is 0 Å². The molecule has 1 heteroatoms. The van der Waals surface area contributed by atoms with Gasteiger partial charge in [-0.1, -0.05) is 13.8 Å². The summed E-state index contributed by atoms with van der Waals surface area (Å²) in [6.45, 7) is 17.5. The smallest absolute Gasteiger partial charge is 0.0789 e. The van der Waals surface area contributed by atoms with E-state index in [2.05, 4.69) is 34.6 Å². The molecule has 0 aromatic rings. The summed E-state index contributed by atoms with van der Waals surface area (Å²) in [5.74, 6) is 3.14. The summed E-state index contributed by atoms with van der Waals surface area (Å²) in [4.78, 5) is 0. The zero-order valence-corrected chi connectivity index (χ0v) is 13.3. The maximum Gasteiger partial charge on any atom is 0.0789 e. The Morgan fingerprint density at radius 2 is 1.61 bits per heavy atom. The maximum atomic E-state index is 2.53. The van der Waals surface area contributed by atoms with Crippen molar-refractivity contribution in [3.63, 3.8) is 0 Å². The number of quaternary nitrogens is 1. The lowest BCUT2D eigenvalue weighted by Crippen LogP contribution is -2.54. The topological polar surface area (TPSA) is 0 Å². The fourth-order valence-corrected chi connectivity index (χ4v) is 4.89. The van der Waals surface area contributed by atoms with Crippen LogP contribution in [-0.4, -0.2) is 30.7 Å². The van der Waals surface area contributed by atoms with E-state index in [-0.39, 0.29) is 0 Å². The van der Waals surface area contributed by atoms with Gasteiger partial charge < -0.3 is 4.48 Å². The van der Waals surface area contributed by atoms with Crippen LogP contribution in [-0.2, 0) is 0 Å². The van der Waals surface area contributed by atoms with Gasteiger partial charge in [0, 0.05) is 0 Å². The second-order valence-corrected chi connectivity index (χ2v) is 7.50. The molecule has 3 fully saturated rings. The standard InChI is InChI=1S/C17H34N/c1-6-18(7-2,8-3)12-11-14-9-10-15-13-16(14)17(15,4)5/h14-16H,6-13H2,1-5H3/q+1. The third kappa shape index (κ3) is 2.24. The van der Waals surface area contributed by atoms with Crippen molar-refractivity contribution in [3.8, 4) is 0 Å². The van der Waals surface area contributed by atoms with Crippen LogP contribution in [0.3, 0.4) is 0 Å². The van der Waals surface area contributed by atoms with Gasteiger partial charge in [0.15, 0.2) is 0 Å². The Labute approximate surface area is 115 Å². The lowest BCUT2D eigenvalue weighted by atomic mass is 9.45. The van der Waals surface area contributed by atoms with Crippen LogP contribution in [0.5, 0.6) is 0 Å². The highest BCUT2D eigenvalue weighted by atomic mass is 15.3. The van der Waals surface area contributed by atoms with E-state index >= 15 is 0 Å². The van der Waals surface area contributed by atoms with Crippen molar-refractivity contribution >= 4 is 0 Å². The van der Waals surface area contributed by atoms with Crippen molar-refractivity contribution in [1.29, 1.82) is 0 Å². The number of fused-ring (bicyclic) bond motifs is 2. The van der Waals surface area contributed by atoms with Crippen LogP contribution in [0.25, 0.3) is 0 Å². The molecule has 0 N–H and O–H groups in total. The van der Waals surface area contributed by atoms with Crippen molar-refractivity contribution in [1.82, 2.24) is 0 Å². The molecule has 106 valence electrons. The molecule has 0 saturated heterocycles. The summed E-state index contributed by atoms with van der Waals surface area (Å²) < 4.78 is 1.34. The maximum absolute atomic E-state index is 2.53. The Balaban J connectivity index is 1.90. The van der Waals surface area contributed by atoms with E-state index in [4.69, 9.17) is 0 Å². The van der Waals surface area contributed by atoms with Gasteiger partial charge in [0.2, 0.25) is 0 Å². The zero-order chi connectivity index (χ0) is 13.4. The van der Waals surface area contributed by atoms with Crippen LogP contribution in [0.1, 0.15) is 60.3 Å². The molecular formula is C17H34N+. The monoisotopic (exact) mass is 252 g/mol. The van der Waals surface area contributed by atoms with Gasteiger partial charge in [0.25, 0.3) is 0 Å². The molecule has 1 nitrogen and oxygen atoms in total. The largest absolute Gasteiger partial charge is 0.324 e. The van der Waals surface area contributed by atoms with Crippen molar-refractivity contribution in [2.75, 3.05) is 26.2 Å². The van der Waals surface area contributed by atoms with Crippen molar-refractivity contribution in [2.24, 2.45) is 23.2 Å². The molecular weight excluding hydrogens is 218 g/mol. The first kappa shape index (κ1) is 14.4. The Kier molecular flexibility index (Phi) is 4.11. The third-order valence-corrected chi connectivity index (χ3v) is 6.99. The molecule has 0 aromatic heterocycles. The van der Waals surface area contributed by atoms with E-state index in [1.54, 1.807) is 6.42 Å². The van der Waals surface area contributed by atoms with E-state index in [1.807, 2.05) is 0 Å². The number of rotatable bonds is 6. The lowest BCUT2D eigenvalue weighted by Gasteiger charge is -2.60. The minimum absolute atomic E-state index is 0.670. The molecule has 2 bridgehead atoms. The molecule has 0 heterocycles. The van der Waals surface area contributed by atoms with Gasteiger partial charge in [0.1, 0.15) is 0 Å². The first-order valence-electron chi connectivity index (χ1n) is 8.34. The number of hydrogen-bond acceptors (Lipinski definition) is 0. The van der Waals surface area contributed by atoms with Crippen LogP contribution >= 0.6 is 0 Å². The summed E-state index contributed by atoms with van der Waals surface area (Å²) in [5, 5.41) is 0. The molecule has 3 aliphatic rings. The average molecular weight is 252 g/mol. The Hall–Kier alpha value is -0.0400. The fraction of sp³-hybridized carbons (Fsp3) is 1.00. The summed E-state index contributed by atoms with van der Waals surface area (Å²) in [5.41, 5.74) is 0.670. The summed E-state index contributed by atoms with van der Waals surface area (Å²) in [6.07, 6.45) is 6.06. The molecule has 0 amide bonds. The average Bonchev–Trinajstić information content (AvgIpc) is 2.41. The van der Waals surface area contributed by atoms with E-state index < -0.39 is 0 Å². The second-order valence-electron chi connectivity index (χ2n) is 7.50. The first-order chi connectivity index (χ1) is 8.49. The van der Waals surface area contributed by atoms with Gasteiger partial charge in [-0.15, -0.1) is 0 Å². The van der Waals surface area contributed by atoms with E-state index in [9.17, 15) is 0 Å². The zero-order valence-electron chi connectivity index (χ0n) is 13.3. The van der Waals surface area contributed by atoms with Gasteiger partial charge in [-0.05, 0) is 69.6 Å². The lowest BCUT2D eigenvalue weighted by molar-refractivity contribution is -0.923. The molecule has 3 saturated carbocycles. The predicted octanol–water partition coefficient (Wildman–Crippen LogP) is 4.33. The van der Waals surface area contributed by atoms with E-state index in [0.29, 0.717) is 5.41 Å². The van der Waals surface area contributed by atoms with Gasteiger partial charge >= 0.3 is 0 Å². The van der Waals surface area contributed by atoms with Crippen LogP contribution in [0, 0.1) is 23.2 Å². The Morgan fingerprint density at radius 1 is 1.00 bits per heavy atom. The minimum Gasteiger partial charge on any atom is -0.324 e. The first-order valence-corrected chi connectivity index (χ1v) is 8.34. The van der Waals surface area contributed by atoms with Gasteiger partial charge in [-0.25, -0.2) is 0 Å². The molecule has 3 rings (SSSR count). The van der Waals surface area contributed by atoms with E-state index in [1.165, 1.54) is 49.9 Å². The molecule has 0 aliphatic heterocycles. The van der Waals surface area contributed by atoms with Crippen molar-refractivity contribution in [2.45, 2.75) is 60.3 Å². The van der Waals surface area contributed by atoms with Crippen LogP contribution in [0.2, 0.25) is 0 Å². The van der Waals surface area contributed by atoms with Crippen LogP contribution in [0.15, 0.2) is 0 Å². The highest BCUT2D eigenvalue weighted by Crippen LogP contribution is 2.62. The Morgan fingerprint density at radius 3 is 2.06 bits per heavy atom. The molecule has 18 heavy (non-hydrogen) atoms. The predicted molar refractivity (Wildman–Crippen MR) is 79.5 cm³/mol. The summed E-state index contributed by atoms with van der Waals surface area (Å²) in [7, 11) is 0. The number of nitrogens with zero attached hydrogens (tertiary/aromatic N) is 1. The molecule has 0 spiro atoms. The molecule has 3 aliphatic carbocycles. The normalized spacial score (nSPS) is 34.2. The molecule has 0 radical (unpaired) electrons. The molecule has 3 atom stereocenters. The van der Waals surface area contributed by atoms with Gasteiger partial charge in [0.05, 0.1) is 26.2 Å². The van der Waals surface area contributed by atoms with Crippen molar-refractivity contribution in [3.05, 3.63) is 0 Å².